The van der Waals surface area contributed by atoms with E-state index >= 15 is 0 Å². The van der Waals surface area contributed by atoms with E-state index < -0.39 is 5.82 Å². The number of benzene rings is 1. The average Bonchev–Trinajstić information content (AvgIpc) is 2.81. The molecule has 0 unspecified atom stereocenters. The predicted molar refractivity (Wildman–Crippen MR) is 75.2 cm³/mol. The summed E-state index contributed by atoms with van der Waals surface area (Å²) in [5.74, 6) is 0.639. The number of aryl methyl sites for hydroxylation is 1. The number of carbonyl (C=O) groups excluding carboxylic acids is 1. The summed E-state index contributed by atoms with van der Waals surface area (Å²) < 4.78 is 18.4. The van der Waals surface area contributed by atoms with Crippen molar-refractivity contribution in [3.8, 4) is 0 Å². The largest absolute Gasteiger partial charge is 0.340 e. The Bertz CT molecular complexity index is 620. The first-order valence-electron chi connectivity index (χ1n) is 5.67. The average molecular weight is 316 g/mol. The van der Waals surface area contributed by atoms with Crippen LogP contribution in [-0.4, -0.2) is 21.8 Å². The zero-order valence-corrected chi connectivity index (χ0v) is 12.1. The molecule has 0 aliphatic rings. The first kappa shape index (κ1) is 14.8. The van der Waals surface area contributed by atoms with Gasteiger partial charge in [-0.3, -0.25) is 4.79 Å². The number of hydrogen-bond acceptors (Lipinski definition) is 5. The fraction of sp³-hybridized carbons (Fsp3) is 0.250. The van der Waals surface area contributed by atoms with Gasteiger partial charge in [0.25, 0.3) is 0 Å². The second-order valence-electron chi connectivity index (χ2n) is 3.87. The van der Waals surface area contributed by atoms with Gasteiger partial charge in [-0.15, -0.1) is 11.8 Å². The normalized spacial score (nSPS) is 10.6. The number of carbonyl (C=O) groups is 1. The van der Waals surface area contributed by atoms with Crippen LogP contribution < -0.4 is 5.32 Å². The number of anilines is 1. The quantitative estimate of drug-likeness (QED) is 0.918. The monoisotopic (exact) mass is 315 g/mol. The summed E-state index contributed by atoms with van der Waals surface area (Å²) in [4.78, 5) is 15.7. The van der Waals surface area contributed by atoms with E-state index in [1.165, 1.54) is 23.9 Å². The molecule has 8 heteroatoms. The van der Waals surface area contributed by atoms with Gasteiger partial charge in [-0.1, -0.05) is 22.8 Å². The third-order valence-electron chi connectivity index (χ3n) is 2.26. The predicted octanol–water partition coefficient (Wildman–Crippen LogP) is 3.04. The highest BCUT2D eigenvalue weighted by Gasteiger charge is 2.10. The van der Waals surface area contributed by atoms with Crippen LogP contribution in [0.3, 0.4) is 0 Å². The number of amides is 1. The lowest BCUT2D eigenvalue weighted by Gasteiger charge is -2.06. The molecule has 0 saturated heterocycles. The summed E-state index contributed by atoms with van der Waals surface area (Å²) in [6, 6.07) is 4.43. The van der Waals surface area contributed by atoms with Gasteiger partial charge < -0.3 is 9.84 Å². The summed E-state index contributed by atoms with van der Waals surface area (Å²) >= 11 is 6.93. The van der Waals surface area contributed by atoms with Crippen LogP contribution in [-0.2, 0) is 10.5 Å². The van der Waals surface area contributed by atoms with Crippen molar-refractivity contribution in [1.82, 2.24) is 10.1 Å². The Balaban J connectivity index is 1.82. The van der Waals surface area contributed by atoms with Gasteiger partial charge in [0.15, 0.2) is 11.6 Å². The standard InChI is InChI=1S/C12H11ClFN3O2S/c1-7-15-10(17-19-7)5-20-6-11(18)16-9-4-2-3-8(13)12(9)14/h2-4H,5-6H2,1H3,(H,16,18). The molecular weight excluding hydrogens is 305 g/mol. The second-order valence-corrected chi connectivity index (χ2v) is 5.26. The third kappa shape index (κ3) is 3.94. The Hall–Kier alpha value is -1.60. The molecule has 2 rings (SSSR count). The highest BCUT2D eigenvalue weighted by atomic mass is 35.5. The summed E-state index contributed by atoms with van der Waals surface area (Å²) in [6.07, 6.45) is 0. The van der Waals surface area contributed by atoms with Crippen LogP contribution in [0, 0.1) is 12.7 Å². The maximum Gasteiger partial charge on any atom is 0.234 e. The van der Waals surface area contributed by atoms with Gasteiger partial charge in [0.2, 0.25) is 11.8 Å². The van der Waals surface area contributed by atoms with Crippen molar-refractivity contribution in [3.05, 3.63) is 40.8 Å². The molecule has 0 aliphatic carbocycles. The topological polar surface area (TPSA) is 68.0 Å². The summed E-state index contributed by atoms with van der Waals surface area (Å²) in [7, 11) is 0. The van der Waals surface area contributed by atoms with Gasteiger partial charge in [-0.25, -0.2) is 4.39 Å². The minimum Gasteiger partial charge on any atom is -0.340 e. The Morgan fingerprint density at radius 2 is 2.35 bits per heavy atom. The number of thioether (sulfide) groups is 1. The van der Waals surface area contributed by atoms with Crippen LogP contribution in [0.15, 0.2) is 22.7 Å². The van der Waals surface area contributed by atoms with Crippen molar-refractivity contribution >= 4 is 35.0 Å². The van der Waals surface area contributed by atoms with E-state index in [2.05, 4.69) is 15.5 Å². The summed E-state index contributed by atoms with van der Waals surface area (Å²) in [5.41, 5.74) is 0.0681. The number of hydrogen-bond donors (Lipinski definition) is 1. The first-order chi connectivity index (χ1) is 9.56. The molecule has 106 valence electrons. The van der Waals surface area contributed by atoms with Crippen molar-refractivity contribution in [3.63, 3.8) is 0 Å². The van der Waals surface area contributed by atoms with Gasteiger partial charge in [0, 0.05) is 6.92 Å². The van der Waals surface area contributed by atoms with Crippen LogP contribution in [0.2, 0.25) is 5.02 Å². The smallest absolute Gasteiger partial charge is 0.234 e. The number of rotatable bonds is 5. The fourth-order valence-electron chi connectivity index (χ4n) is 1.42. The first-order valence-corrected chi connectivity index (χ1v) is 7.20. The lowest BCUT2D eigenvalue weighted by molar-refractivity contribution is -0.113. The maximum atomic E-state index is 13.6. The molecular formula is C12H11ClFN3O2S. The molecule has 0 fully saturated rings. The molecule has 1 aromatic carbocycles. The van der Waals surface area contributed by atoms with Crippen molar-refractivity contribution in [2.75, 3.05) is 11.1 Å². The van der Waals surface area contributed by atoms with Crippen LogP contribution >= 0.6 is 23.4 Å². The number of nitrogens with zero attached hydrogens (tertiary/aromatic N) is 2. The van der Waals surface area contributed by atoms with E-state index in [4.69, 9.17) is 16.1 Å². The Labute approximate surface area is 123 Å². The van der Waals surface area contributed by atoms with E-state index in [1.54, 1.807) is 13.0 Å². The number of nitrogens with one attached hydrogen (secondary N) is 1. The minimum absolute atomic E-state index is 0.0299. The molecule has 1 N–H and O–H groups in total. The highest BCUT2D eigenvalue weighted by Crippen LogP contribution is 2.22. The fourth-order valence-corrected chi connectivity index (χ4v) is 2.26. The van der Waals surface area contributed by atoms with Crippen molar-refractivity contribution in [2.45, 2.75) is 12.7 Å². The van der Waals surface area contributed by atoms with Gasteiger partial charge >= 0.3 is 0 Å². The van der Waals surface area contributed by atoms with Crippen LogP contribution in [0.4, 0.5) is 10.1 Å². The Kier molecular flexibility index (Phi) is 4.97. The molecule has 2 aromatic rings. The molecule has 0 bridgehead atoms. The number of halogens is 2. The SMILES string of the molecule is Cc1nc(CSCC(=O)Nc2cccc(Cl)c2F)no1. The summed E-state index contributed by atoms with van der Waals surface area (Å²) in [6.45, 7) is 1.69. The Morgan fingerprint density at radius 1 is 1.55 bits per heavy atom. The Morgan fingerprint density at radius 3 is 3.05 bits per heavy atom. The van der Waals surface area contributed by atoms with Crippen LogP contribution in [0.25, 0.3) is 0 Å². The van der Waals surface area contributed by atoms with Gasteiger partial charge in [0.05, 0.1) is 22.2 Å². The minimum atomic E-state index is -0.638. The van der Waals surface area contributed by atoms with Crippen LogP contribution in [0.1, 0.15) is 11.7 Å². The molecule has 1 amide bonds. The molecule has 20 heavy (non-hydrogen) atoms. The lowest BCUT2D eigenvalue weighted by atomic mass is 10.3. The highest BCUT2D eigenvalue weighted by molar-refractivity contribution is 7.99. The molecule has 5 nitrogen and oxygen atoms in total. The molecule has 0 spiro atoms. The van der Waals surface area contributed by atoms with Crippen molar-refractivity contribution in [1.29, 1.82) is 0 Å². The maximum absolute atomic E-state index is 13.6. The van der Waals surface area contributed by atoms with Crippen LogP contribution in [0.5, 0.6) is 0 Å². The van der Waals surface area contributed by atoms with E-state index in [0.717, 1.165) is 0 Å². The van der Waals surface area contributed by atoms with E-state index in [9.17, 15) is 9.18 Å². The molecule has 0 atom stereocenters. The van der Waals surface area contributed by atoms with E-state index in [-0.39, 0.29) is 22.4 Å². The third-order valence-corrected chi connectivity index (χ3v) is 3.48. The molecule has 0 saturated carbocycles. The van der Waals surface area contributed by atoms with E-state index in [0.29, 0.717) is 17.5 Å². The molecule has 1 aromatic heterocycles. The van der Waals surface area contributed by atoms with E-state index in [1.807, 2.05) is 0 Å². The second kappa shape index (κ2) is 6.71. The summed E-state index contributed by atoms with van der Waals surface area (Å²) in [5, 5.41) is 6.14. The number of aromatic nitrogens is 2. The van der Waals surface area contributed by atoms with Gasteiger partial charge in [-0.05, 0) is 12.1 Å². The van der Waals surface area contributed by atoms with Crippen molar-refractivity contribution < 1.29 is 13.7 Å². The molecule has 0 radical (unpaired) electrons. The lowest BCUT2D eigenvalue weighted by Crippen LogP contribution is -2.15. The zero-order valence-electron chi connectivity index (χ0n) is 10.5. The molecule has 1 heterocycles. The zero-order chi connectivity index (χ0) is 14.5. The molecule has 0 aliphatic heterocycles. The van der Waals surface area contributed by atoms with Crippen molar-refractivity contribution in [2.24, 2.45) is 0 Å². The van der Waals surface area contributed by atoms with Gasteiger partial charge in [0.1, 0.15) is 0 Å². The van der Waals surface area contributed by atoms with Gasteiger partial charge in [-0.2, -0.15) is 4.98 Å².